The van der Waals surface area contributed by atoms with Gasteiger partial charge in [-0.25, -0.2) is 4.98 Å². The van der Waals surface area contributed by atoms with Gasteiger partial charge in [-0.1, -0.05) is 0 Å². The van der Waals surface area contributed by atoms with Gasteiger partial charge < -0.3 is 15.1 Å². The van der Waals surface area contributed by atoms with Crippen molar-refractivity contribution in [2.45, 2.75) is 19.4 Å². The number of carbonyl (C=O) groups excluding carboxylic acids is 1. The lowest BCUT2D eigenvalue weighted by atomic mass is 10.0. The number of β-amino-alcohol motifs (C(OH)–C–C–N with tert-alkyl or cyclic N) is 1. The first-order chi connectivity index (χ1) is 10.5. The Balaban J connectivity index is 1.67. The van der Waals surface area contributed by atoms with Crippen molar-refractivity contribution in [3.8, 4) is 5.75 Å². The van der Waals surface area contributed by atoms with E-state index >= 15 is 0 Å². The lowest BCUT2D eigenvalue weighted by Gasteiger charge is -2.15. The van der Waals surface area contributed by atoms with Crippen LogP contribution in [0.15, 0.2) is 24.4 Å². The van der Waals surface area contributed by atoms with E-state index in [1.165, 1.54) is 18.3 Å². The monoisotopic (exact) mass is 302 g/mol. The Morgan fingerprint density at radius 2 is 2.27 bits per heavy atom. The van der Waals surface area contributed by atoms with Crippen LogP contribution in [0.4, 0.5) is 0 Å². The summed E-state index contributed by atoms with van der Waals surface area (Å²) in [6.07, 6.45) is 1.29. The van der Waals surface area contributed by atoms with Crippen molar-refractivity contribution in [1.82, 2.24) is 20.1 Å². The number of nitrogens with zero attached hydrogens (tertiary/aromatic N) is 3. The maximum Gasteiger partial charge on any atom is 0.272 e. The van der Waals surface area contributed by atoms with Crippen LogP contribution in [0.1, 0.15) is 21.9 Å². The van der Waals surface area contributed by atoms with Crippen molar-refractivity contribution < 1.29 is 15.0 Å². The van der Waals surface area contributed by atoms with E-state index in [0.29, 0.717) is 13.0 Å². The highest BCUT2D eigenvalue weighted by Gasteiger charge is 2.35. The van der Waals surface area contributed by atoms with Crippen LogP contribution < -0.4 is 0 Å². The molecule has 0 unspecified atom stereocenters. The summed E-state index contributed by atoms with van der Waals surface area (Å²) in [6, 6.07) is 4.85. The van der Waals surface area contributed by atoms with E-state index < -0.39 is 6.10 Å². The van der Waals surface area contributed by atoms with E-state index in [1.807, 2.05) is 13.0 Å². The van der Waals surface area contributed by atoms with Crippen LogP contribution in [0.25, 0.3) is 0 Å². The molecule has 116 valence electrons. The van der Waals surface area contributed by atoms with Gasteiger partial charge in [-0.3, -0.25) is 9.89 Å². The third-order valence-corrected chi connectivity index (χ3v) is 3.89. The standard InChI is InChI=1S/C15H18N4O3/c1-9-4-11(18-17-9)5-10-7-19(8-14(10)21)15(22)13-3-2-12(20)6-16-13/h2-4,6,10,14,20-21H,5,7-8H2,1H3,(H,17,18)/t10-,14-/m1/s1. The molecular formula is C15H18N4O3. The van der Waals surface area contributed by atoms with E-state index in [4.69, 9.17) is 0 Å². The SMILES string of the molecule is Cc1cc(C[C@@H]2CN(C(=O)c3ccc(O)cn3)C[C@H]2O)n[nH]1. The van der Waals surface area contributed by atoms with Crippen LogP contribution in [0.5, 0.6) is 5.75 Å². The first-order valence-electron chi connectivity index (χ1n) is 7.16. The van der Waals surface area contributed by atoms with Gasteiger partial charge in [0.25, 0.3) is 5.91 Å². The topological polar surface area (TPSA) is 102 Å². The average Bonchev–Trinajstić information content (AvgIpc) is 3.06. The number of aliphatic hydroxyl groups excluding tert-OH is 1. The molecule has 3 rings (SSSR count). The number of aromatic hydroxyl groups is 1. The minimum atomic E-state index is -0.571. The number of rotatable bonds is 3. The number of aromatic amines is 1. The second kappa shape index (κ2) is 5.76. The normalized spacial score (nSPS) is 21.3. The number of likely N-dealkylation sites (tertiary alicyclic amines) is 1. The number of hydrogen-bond donors (Lipinski definition) is 3. The van der Waals surface area contributed by atoms with Crippen molar-refractivity contribution in [2.24, 2.45) is 5.92 Å². The molecular weight excluding hydrogens is 284 g/mol. The molecule has 2 aromatic rings. The number of H-pyrrole nitrogens is 1. The fraction of sp³-hybridized carbons (Fsp3) is 0.400. The van der Waals surface area contributed by atoms with Crippen LogP contribution in [0, 0.1) is 12.8 Å². The molecule has 7 heteroatoms. The molecule has 0 bridgehead atoms. The highest BCUT2D eigenvalue weighted by Crippen LogP contribution is 2.22. The first-order valence-corrected chi connectivity index (χ1v) is 7.16. The number of aryl methyl sites for hydroxylation is 1. The lowest BCUT2D eigenvalue weighted by Crippen LogP contribution is -2.30. The Morgan fingerprint density at radius 1 is 1.45 bits per heavy atom. The fourth-order valence-corrected chi connectivity index (χ4v) is 2.74. The molecule has 1 aliphatic rings. The Morgan fingerprint density at radius 3 is 2.91 bits per heavy atom. The van der Waals surface area contributed by atoms with Gasteiger partial charge in [-0.05, 0) is 31.5 Å². The summed E-state index contributed by atoms with van der Waals surface area (Å²) in [4.78, 5) is 17.9. The van der Waals surface area contributed by atoms with Gasteiger partial charge in [-0.2, -0.15) is 5.10 Å². The maximum atomic E-state index is 12.4. The molecule has 1 amide bonds. The van der Waals surface area contributed by atoms with Crippen molar-refractivity contribution in [3.63, 3.8) is 0 Å². The summed E-state index contributed by atoms with van der Waals surface area (Å²) in [5.74, 6) is -0.256. The van der Waals surface area contributed by atoms with Crippen molar-refractivity contribution in [3.05, 3.63) is 41.5 Å². The summed E-state index contributed by atoms with van der Waals surface area (Å²) < 4.78 is 0. The maximum absolute atomic E-state index is 12.4. The number of nitrogens with one attached hydrogen (secondary N) is 1. The number of carbonyl (C=O) groups is 1. The van der Waals surface area contributed by atoms with Crippen LogP contribution in [-0.2, 0) is 6.42 Å². The average molecular weight is 302 g/mol. The molecule has 7 nitrogen and oxygen atoms in total. The summed E-state index contributed by atoms with van der Waals surface area (Å²) >= 11 is 0. The molecule has 2 atom stereocenters. The van der Waals surface area contributed by atoms with Crippen LogP contribution >= 0.6 is 0 Å². The second-order valence-corrected chi connectivity index (χ2v) is 5.69. The van der Waals surface area contributed by atoms with Gasteiger partial charge in [0.1, 0.15) is 11.4 Å². The second-order valence-electron chi connectivity index (χ2n) is 5.69. The zero-order chi connectivity index (χ0) is 15.7. The molecule has 1 saturated heterocycles. The number of hydrogen-bond acceptors (Lipinski definition) is 5. The fourth-order valence-electron chi connectivity index (χ4n) is 2.74. The number of aliphatic hydroxyl groups is 1. The minimum Gasteiger partial charge on any atom is -0.506 e. The predicted molar refractivity (Wildman–Crippen MR) is 78.3 cm³/mol. The molecule has 1 fully saturated rings. The van der Waals surface area contributed by atoms with E-state index in [9.17, 15) is 15.0 Å². The predicted octanol–water partition coefficient (Wildman–Crippen LogP) is 0.494. The molecule has 0 aromatic carbocycles. The molecule has 0 radical (unpaired) electrons. The van der Waals surface area contributed by atoms with Crippen molar-refractivity contribution >= 4 is 5.91 Å². The number of pyridine rings is 1. The highest BCUT2D eigenvalue weighted by atomic mass is 16.3. The first kappa shape index (κ1) is 14.5. The number of amides is 1. The van der Waals surface area contributed by atoms with E-state index in [-0.39, 0.29) is 29.8 Å². The van der Waals surface area contributed by atoms with Crippen LogP contribution in [-0.4, -0.2) is 55.4 Å². The number of aromatic nitrogens is 3. The van der Waals surface area contributed by atoms with Crippen molar-refractivity contribution in [2.75, 3.05) is 13.1 Å². The molecule has 0 aliphatic carbocycles. The summed E-state index contributed by atoms with van der Waals surface area (Å²) in [5.41, 5.74) is 2.13. The quantitative estimate of drug-likeness (QED) is 0.766. The smallest absolute Gasteiger partial charge is 0.272 e. The van der Waals surface area contributed by atoms with E-state index in [0.717, 1.165) is 11.4 Å². The summed E-state index contributed by atoms with van der Waals surface area (Å²) in [7, 11) is 0. The van der Waals surface area contributed by atoms with Gasteiger partial charge in [0.15, 0.2) is 0 Å². The van der Waals surface area contributed by atoms with Crippen LogP contribution in [0.3, 0.4) is 0 Å². The third-order valence-electron chi connectivity index (χ3n) is 3.89. The molecule has 1 aliphatic heterocycles. The van der Waals surface area contributed by atoms with Gasteiger partial charge in [0.05, 0.1) is 18.0 Å². The molecule has 0 spiro atoms. The zero-order valence-corrected chi connectivity index (χ0v) is 12.2. The summed E-state index contributed by atoms with van der Waals surface area (Å²) in [6.45, 7) is 2.68. The van der Waals surface area contributed by atoms with Gasteiger partial charge in [0, 0.05) is 24.7 Å². The largest absolute Gasteiger partial charge is 0.506 e. The van der Waals surface area contributed by atoms with E-state index in [1.54, 1.807) is 4.90 Å². The molecule has 2 aromatic heterocycles. The zero-order valence-electron chi connectivity index (χ0n) is 12.2. The molecule has 3 N–H and O–H groups in total. The minimum absolute atomic E-state index is 0.0183. The highest BCUT2D eigenvalue weighted by molar-refractivity contribution is 5.92. The lowest BCUT2D eigenvalue weighted by molar-refractivity contribution is 0.0759. The summed E-state index contributed by atoms with van der Waals surface area (Å²) in [5, 5.41) is 26.4. The van der Waals surface area contributed by atoms with Crippen molar-refractivity contribution in [1.29, 1.82) is 0 Å². The van der Waals surface area contributed by atoms with Crippen LogP contribution in [0.2, 0.25) is 0 Å². The molecule has 0 saturated carbocycles. The Labute approximate surface area is 127 Å². The van der Waals surface area contributed by atoms with Gasteiger partial charge in [-0.15, -0.1) is 0 Å². The van der Waals surface area contributed by atoms with Gasteiger partial charge in [0.2, 0.25) is 0 Å². The van der Waals surface area contributed by atoms with Gasteiger partial charge >= 0.3 is 0 Å². The molecule has 3 heterocycles. The molecule has 22 heavy (non-hydrogen) atoms. The van der Waals surface area contributed by atoms with E-state index in [2.05, 4.69) is 15.2 Å². The Hall–Kier alpha value is -2.41. The Kier molecular flexibility index (Phi) is 3.81. The Bertz CT molecular complexity index is 668. The third kappa shape index (κ3) is 2.94.